The van der Waals surface area contributed by atoms with Crippen LogP contribution in [0.3, 0.4) is 0 Å². The Morgan fingerprint density at radius 1 is 1.28 bits per heavy atom. The Bertz CT molecular complexity index is 570. The molecule has 2 atom stereocenters. The highest BCUT2D eigenvalue weighted by molar-refractivity contribution is 5.76. The normalized spacial score (nSPS) is 25.2. The van der Waals surface area contributed by atoms with E-state index in [4.69, 9.17) is 4.52 Å². The highest BCUT2D eigenvalue weighted by atomic mass is 16.5. The first-order valence-electron chi connectivity index (χ1n) is 9.88. The summed E-state index contributed by atoms with van der Waals surface area (Å²) in [5, 5.41) is 7.77. The first kappa shape index (κ1) is 18.4. The van der Waals surface area contributed by atoms with Crippen molar-refractivity contribution in [1.82, 2.24) is 15.4 Å². The van der Waals surface area contributed by atoms with Crippen LogP contribution < -0.4 is 5.32 Å². The van der Waals surface area contributed by atoms with Crippen LogP contribution in [0.15, 0.2) is 10.6 Å². The molecule has 0 radical (unpaired) electrons. The molecule has 0 aliphatic carbocycles. The van der Waals surface area contributed by atoms with Crippen molar-refractivity contribution in [2.45, 2.75) is 64.7 Å². The first-order chi connectivity index (χ1) is 11.9. The van der Waals surface area contributed by atoms with E-state index in [1.54, 1.807) is 0 Å². The molecule has 0 spiro atoms. The molecule has 0 bridgehead atoms. The van der Waals surface area contributed by atoms with Gasteiger partial charge in [-0.3, -0.25) is 4.79 Å². The Morgan fingerprint density at radius 3 is 2.72 bits per heavy atom. The van der Waals surface area contributed by atoms with Crippen molar-refractivity contribution < 1.29 is 9.32 Å². The number of amides is 1. The van der Waals surface area contributed by atoms with E-state index in [1.807, 2.05) is 0 Å². The molecule has 5 heteroatoms. The van der Waals surface area contributed by atoms with Gasteiger partial charge < -0.3 is 14.7 Å². The fourth-order valence-electron chi connectivity index (χ4n) is 4.01. The molecule has 2 aliphatic rings. The average Bonchev–Trinajstić information content (AvgIpc) is 3.06. The zero-order valence-corrected chi connectivity index (χ0v) is 16.0. The summed E-state index contributed by atoms with van der Waals surface area (Å²) in [6.07, 6.45) is 6.25. The Morgan fingerprint density at radius 2 is 2.04 bits per heavy atom. The zero-order chi connectivity index (χ0) is 17.9. The minimum Gasteiger partial charge on any atom is -0.361 e. The number of carbonyl (C=O) groups excluding carboxylic acids is 1. The van der Waals surface area contributed by atoms with Crippen LogP contribution >= 0.6 is 0 Å². The lowest BCUT2D eigenvalue weighted by Crippen LogP contribution is -2.42. The van der Waals surface area contributed by atoms with E-state index in [2.05, 4.69) is 42.2 Å². The van der Waals surface area contributed by atoms with Gasteiger partial charge in [0.1, 0.15) is 5.76 Å². The quantitative estimate of drug-likeness (QED) is 0.909. The molecular weight excluding hydrogens is 314 g/mol. The molecule has 1 amide bonds. The van der Waals surface area contributed by atoms with Gasteiger partial charge in [-0.15, -0.1) is 0 Å². The first-order valence-corrected chi connectivity index (χ1v) is 9.88. The van der Waals surface area contributed by atoms with Crippen LogP contribution in [0, 0.1) is 11.8 Å². The number of carbonyl (C=O) groups is 1. The van der Waals surface area contributed by atoms with E-state index in [1.165, 1.54) is 6.42 Å². The van der Waals surface area contributed by atoms with Crippen LogP contribution in [0.5, 0.6) is 0 Å². The minimum atomic E-state index is -0.0142. The molecular formula is C20H33N3O2. The Balaban J connectivity index is 1.60. The van der Waals surface area contributed by atoms with Crippen molar-refractivity contribution in [2.75, 3.05) is 26.2 Å². The Labute approximate surface area is 151 Å². The average molecular weight is 348 g/mol. The van der Waals surface area contributed by atoms with Crippen molar-refractivity contribution in [3.05, 3.63) is 17.5 Å². The summed E-state index contributed by atoms with van der Waals surface area (Å²) in [4.78, 5) is 14.8. The smallest absolute Gasteiger partial charge is 0.222 e. The van der Waals surface area contributed by atoms with E-state index in [0.717, 1.165) is 63.3 Å². The van der Waals surface area contributed by atoms with Gasteiger partial charge in [0.05, 0.1) is 5.69 Å². The zero-order valence-electron chi connectivity index (χ0n) is 16.0. The summed E-state index contributed by atoms with van der Waals surface area (Å²) in [6.45, 7) is 10.3. The molecule has 2 saturated heterocycles. The predicted octanol–water partition coefficient (Wildman–Crippen LogP) is 3.14. The molecule has 5 nitrogen and oxygen atoms in total. The molecule has 25 heavy (non-hydrogen) atoms. The summed E-state index contributed by atoms with van der Waals surface area (Å²) in [5.41, 5.74) is 1.01. The highest BCUT2D eigenvalue weighted by Crippen LogP contribution is 2.29. The van der Waals surface area contributed by atoms with Crippen LogP contribution in [-0.4, -0.2) is 42.1 Å². The lowest BCUT2D eigenvalue weighted by molar-refractivity contribution is -0.133. The molecule has 0 unspecified atom stereocenters. The van der Waals surface area contributed by atoms with Gasteiger partial charge >= 0.3 is 0 Å². The lowest BCUT2D eigenvalue weighted by Gasteiger charge is -2.34. The van der Waals surface area contributed by atoms with E-state index < -0.39 is 0 Å². The maximum absolute atomic E-state index is 12.7. The standard InChI is InChI=1S/C20H33N3O2/c1-20(2,3)18-13-17(22-25-18)11-16-14-21-8-7-15(16)12-19(24)23-9-5-4-6-10-23/h13,15-16,21H,4-12,14H2,1-3H3/t15-,16+/m0/s1. The second-order valence-electron chi connectivity index (χ2n) is 8.80. The molecule has 0 aromatic carbocycles. The third-order valence-electron chi connectivity index (χ3n) is 5.68. The molecule has 3 rings (SSSR count). The number of piperidine rings is 2. The van der Waals surface area contributed by atoms with Gasteiger partial charge in [0.2, 0.25) is 5.91 Å². The Hall–Kier alpha value is -1.36. The molecule has 1 aromatic rings. The molecule has 0 saturated carbocycles. The van der Waals surface area contributed by atoms with Gasteiger partial charge in [-0.2, -0.15) is 0 Å². The predicted molar refractivity (Wildman–Crippen MR) is 98.4 cm³/mol. The van der Waals surface area contributed by atoms with Gasteiger partial charge in [0, 0.05) is 31.0 Å². The lowest BCUT2D eigenvalue weighted by atomic mass is 9.80. The van der Waals surface area contributed by atoms with Gasteiger partial charge in [-0.05, 0) is 57.0 Å². The summed E-state index contributed by atoms with van der Waals surface area (Å²) < 4.78 is 5.54. The van der Waals surface area contributed by atoms with Gasteiger partial charge in [0.15, 0.2) is 0 Å². The van der Waals surface area contributed by atoms with Crippen LogP contribution in [0.25, 0.3) is 0 Å². The highest BCUT2D eigenvalue weighted by Gasteiger charge is 2.30. The third kappa shape index (κ3) is 4.84. The summed E-state index contributed by atoms with van der Waals surface area (Å²) in [5.74, 6) is 2.20. The van der Waals surface area contributed by atoms with Gasteiger partial charge in [0.25, 0.3) is 0 Å². The van der Waals surface area contributed by atoms with Gasteiger partial charge in [-0.25, -0.2) is 0 Å². The Kier molecular flexibility index (Phi) is 5.82. The van der Waals surface area contributed by atoms with E-state index >= 15 is 0 Å². The third-order valence-corrected chi connectivity index (χ3v) is 5.68. The fourth-order valence-corrected chi connectivity index (χ4v) is 4.01. The van der Waals surface area contributed by atoms with Crippen molar-refractivity contribution in [3.8, 4) is 0 Å². The van der Waals surface area contributed by atoms with Crippen molar-refractivity contribution >= 4 is 5.91 Å². The summed E-state index contributed by atoms with van der Waals surface area (Å²) in [6, 6.07) is 2.10. The van der Waals surface area contributed by atoms with Crippen molar-refractivity contribution in [3.63, 3.8) is 0 Å². The molecule has 3 heterocycles. The fraction of sp³-hybridized carbons (Fsp3) is 0.800. The summed E-state index contributed by atoms with van der Waals surface area (Å²) in [7, 11) is 0. The van der Waals surface area contributed by atoms with Crippen LogP contribution in [0.2, 0.25) is 0 Å². The minimum absolute atomic E-state index is 0.0142. The number of hydrogen-bond acceptors (Lipinski definition) is 4. The second-order valence-corrected chi connectivity index (χ2v) is 8.80. The monoisotopic (exact) mass is 347 g/mol. The SMILES string of the molecule is CC(C)(C)c1cc(C[C@@H]2CNCC[C@H]2CC(=O)N2CCCCC2)no1. The maximum atomic E-state index is 12.7. The number of rotatable bonds is 4. The molecule has 140 valence electrons. The number of likely N-dealkylation sites (tertiary alicyclic amines) is 1. The molecule has 2 fully saturated rings. The van der Waals surface area contributed by atoms with E-state index in [-0.39, 0.29) is 5.41 Å². The second kappa shape index (κ2) is 7.90. The number of aromatic nitrogens is 1. The molecule has 1 aromatic heterocycles. The topological polar surface area (TPSA) is 58.4 Å². The number of hydrogen-bond donors (Lipinski definition) is 1. The van der Waals surface area contributed by atoms with Crippen LogP contribution in [0.4, 0.5) is 0 Å². The van der Waals surface area contributed by atoms with Crippen molar-refractivity contribution in [2.24, 2.45) is 11.8 Å². The summed E-state index contributed by atoms with van der Waals surface area (Å²) >= 11 is 0. The van der Waals surface area contributed by atoms with Crippen LogP contribution in [-0.2, 0) is 16.6 Å². The van der Waals surface area contributed by atoms with E-state index in [0.29, 0.717) is 24.2 Å². The number of nitrogens with one attached hydrogen (secondary N) is 1. The maximum Gasteiger partial charge on any atom is 0.222 e. The largest absolute Gasteiger partial charge is 0.361 e. The molecule has 2 aliphatic heterocycles. The number of nitrogens with zero attached hydrogens (tertiary/aromatic N) is 2. The van der Waals surface area contributed by atoms with Gasteiger partial charge in [-0.1, -0.05) is 25.9 Å². The van der Waals surface area contributed by atoms with Crippen molar-refractivity contribution in [1.29, 1.82) is 0 Å². The molecule has 1 N–H and O–H groups in total. The van der Waals surface area contributed by atoms with E-state index in [9.17, 15) is 4.79 Å². The van der Waals surface area contributed by atoms with Crippen LogP contribution in [0.1, 0.15) is 64.3 Å².